The number of aromatic nitrogens is 1. The zero-order valence-corrected chi connectivity index (χ0v) is 22.0. The SMILES string of the molecule is COc1ccccc1N=C1CC(C)(C)CC(=O)/C1=C(/O)CCc1noc2c1C(=O)CC(c1ccccc1)C2. The molecule has 1 heterocycles. The summed E-state index contributed by atoms with van der Waals surface area (Å²) >= 11 is 0. The van der Waals surface area contributed by atoms with E-state index in [4.69, 9.17) is 14.3 Å². The molecule has 0 amide bonds. The van der Waals surface area contributed by atoms with E-state index in [1.807, 2.05) is 68.4 Å². The summed E-state index contributed by atoms with van der Waals surface area (Å²) in [4.78, 5) is 31.0. The molecule has 7 heteroatoms. The second-order valence-electron chi connectivity index (χ2n) is 10.9. The predicted octanol–water partition coefficient (Wildman–Crippen LogP) is 6.50. The number of ketones is 2. The minimum absolute atomic E-state index is 0.00240. The van der Waals surface area contributed by atoms with Crippen LogP contribution in [0.2, 0.25) is 0 Å². The summed E-state index contributed by atoms with van der Waals surface area (Å²) < 4.78 is 11.0. The molecule has 0 bridgehead atoms. The van der Waals surface area contributed by atoms with Crippen molar-refractivity contribution in [2.75, 3.05) is 7.11 Å². The van der Waals surface area contributed by atoms with Gasteiger partial charge in [0.25, 0.3) is 0 Å². The number of aliphatic hydroxyl groups is 1. The van der Waals surface area contributed by atoms with Gasteiger partial charge in [-0.2, -0.15) is 0 Å². The first-order chi connectivity index (χ1) is 18.3. The normalized spacial score (nSPS) is 21.3. The Labute approximate surface area is 222 Å². The lowest BCUT2D eigenvalue weighted by molar-refractivity contribution is -0.117. The highest BCUT2D eigenvalue weighted by molar-refractivity contribution is 6.25. The number of ether oxygens (including phenoxy) is 1. The lowest BCUT2D eigenvalue weighted by atomic mass is 9.73. The van der Waals surface area contributed by atoms with E-state index in [-0.39, 0.29) is 47.1 Å². The van der Waals surface area contributed by atoms with Crippen LogP contribution in [-0.2, 0) is 17.6 Å². The van der Waals surface area contributed by atoms with E-state index in [0.29, 0.717) is 59.8 Å². The van der Waals surface area contributed by atoms with Crippen LogP contribution in [0.15, 0.2) is 75.4 Å². The summed E-state index contributed by atoms with van der Waals surface area (Å²) in [5, 5.41) is 15.3. The number of hydrogen-bond acceptors (Lipinski definition) is 7. The lowest BCUT2D eigenvalue weighted by Gasteiger charge is -2.31. The molecule has 7 nitrogen and oxygen atoms in total. The number of rotatable bonds is 6. The van der Waals surface area contributed by atoms with Gasteiger partial charge in [-0.1, -0.05) is 61.5 Å². The number of Topliss-reactive ketones (excluding diaryl/α,β-unsaturated/α-hetero) is 2. The van der Waals surface area contributed by atoms with Crippen LogP contribution in [0.3, 0.4) is 0 Å². The first kappa shape index (κ1) is 25.6. The summed E-state index contributed by atoms with van der Waals surface area (Å²) in [7, 11) is 1.57. The van der Waals surface area contributed by atoms with Crippen molar-refractivity contribution in [1.29, 1.82) is 0 Å². The molecule has 38 heavy (non-hydrogen) atoms. The van der Waals surface area contributed by atoms with E-state index in [9.17, 15) is 14.7 Å². The predicted molar refractivity (Wildman–Crippen MR) is 144 cm³/mol. The Morgan fingerprint density at radius 3 is 2.55 bits per heavy atom. The number of allylic oxidation sites excluding steroid dienone is 2. The molecule has 0 aliphatic heterocycles. The Bertz CT molecular complexity index is 1430. The van der Waals surface area contributed by atoms with Crippen molar-refractivity contribution in [3.05, 3.63) is 88.5 Å². The van der Waals surface area contributed by atoms with Gasteiger partial charge >= 0.3 is 0 Å². The van der Waals surface area contributed by atoms with Crippen molar-refractivity contribution in [3.8, 4) is 5.75 Å². The summed E-state index contributed by atoms with van der Waals surface area (Å²) in [6.07, 6.45) is 2.29. The van der Waals surface area contributed by atoms with Gasteiger partial charge in [-0.05, 0) is 35.4 Å². The van der Waals surface area contributed by atoms with Crippen molar-refractivity contribution in [2.24, 2.45) is 10.4 Å². The number of hydrogen-bond donors (Lipinski definition) is 1. The standard InChI is InChI=1S/C31H32N2O5/c1-31(2)17-23(32-21-11-7-8-12-27(21)37-3)29(26(36)18-31)24(34)14-13-22-30-25(35)15-20(16-28(30)38-33-22)19-9-5-4-6-10-19/h4-12,20,34H,13-18H2,1-3H3/b29-24+,32-23?. The largest absolute Gasteiger partial charge is 0.511 e. The van der Waals surface area contributed by atoms with Gasteiger partial charge < -0.3 is 14.4 Å². The van der Waals surface area contributed by atoms with Crippen molar-refractivity contribution in [3.63, 3.8) is 0 Å². The molecule has 1 atom stereocenters. The lowest BCUT2D eigenvalue weighted by Crippen LogP contribution is -2.32. The molecular formula is C31H32N2O5. The Hall–Kier alpha value is -4.00. The first-order valence-electron chi connectivity index (χ1n) is 13.0. The maximum absolute atomic E-state index is 13.2. The van der Waals surface area contributed by atoms with Crippen molar-refractivity contribution in [1.82, 2.24) is 5.16 Å². The van der Waals surface area contributed by atoms with Gasteiger partial charge in [0.15, 0.2) is 11.6 Å². The average molecular weight is 513 g/mol. The highest BCUT2D eigenvalue weighted by atomic mass is 16.5. The third-order valence-corrected chi connectivity index (χ3v) is 7.33. The van der Waals surface area contributed by atoms with Gasteiger partial charge in [0.1, 0.15) is 23.0 Å². The van der Waals surface area contributed by atoms with E-state index in [2.05, 4.69) is 5.16 Å². The summed E-state index contributed by atoms with van der Waals surface area (Å²) in [5.74, 6) is 1.06. The van der Waals surface area contributed by atoms with Gasteiger partial charge in [0.05, 0.1) is 29.7 Å². The third-order valence-electron chi connectivity index (χ3n) is 7.33. The van der Waals surface area contributed by atoms with Crippen LogP contribution in [0, 0.1) is 5.41 Å². The van der Waals surface area contributed by atoms with E-state index < -0.39 is 0 Å². The third kappa shape index (κ3) is 5.19. The Morgan fingerprint density at radius 2 is 1.79 bits per heavy atom. The molecular weight excluding hydrogens is 480 g/mol. The Balaban J connectivity index is 1.41. The van der Waals surface area contributed by atoms with Crippen LogP contribution in [0.5, 0.6) is 5.75 Å². The molecule has 3 aromatic rings. The van der Waals surface area contributed by atoms with Gasteiger partial charge in [-0.3, -0.25) is 9.59 Å². The number of benzene rings is 2. The van der Waals surface area contributed by atoms with E-state index in [1.165, 1.54) is 0 Å². The molecule has 2 aromatic carbocycles. The molecule has 1 saturated carbocycles. The van der Waals surface area contributed by atoms with Gasteiger partial charge in [0, 0.05) is 32.1 Å². The van der Waals surface area contributed by atoms with Crippen LogP contribution < -0.4 is 4.74 Å². The van der Waals surface area contributed by atoms with Crippen LogP contribution in [-0.4, -0.2) is 34.7 Å². The first-order valence-corrected chi connectivity index (χ1v) is 13.0. The smallest absolute Gasteiger partial charge is 0.168 e. The molecule has 0 spiro atoms. The number of methoxy groups -OCH3 is 1. The fraction of sp³-hybridized carbons (Fsp3) is 0.355. The number of aliphatic hydroxyl groups excluding tert-OH is 1. The zero-order valence-electron chi connectivity index (χ0n) is 22.0. The molecule has 1 fully saturated rings. The van der Waals surface area contributed by atoms with Gasteiger partial charge in [0.2, 0.25) is 0 Å². The minimum atomic E-state index is -0.283. The summed E-state index contributed by atoms with van der Waals surface area (Å²) in [6, 6.07) is 17.3. The Morgan fingerprint density at radius 1 is 1.05 bits per heavy atom. The maximum Gasteiger partial charge on any atom is 0.168 e. The van der Waals surface area contributed by atoms with E-state index in [1.54, 1.807) is 7.11 Å². The number of carbonyl (C=O) groups excluding carboxylic acids is 2. The average Bonchev–Trinajstić information content (AvgIpc) is 3.31. The molecule has 2 aliphatic carbocycles. The molecule has 0 radical (unpaired) electrons. The number of nitrogens with zero attached hydrogens (tertiary/aromatic N) is 2. The zero-order chi connectivity index (χ0) is 26.9. The molecule has 2 aliphatic rings. The second kappa shape index (κ2) is 10.4. The number of carbonyl (C=O) groups is 2. The highest BCUT2D eigenvalue weighted by Crippen LogP contribution is 2.39. The Kier molecular flexibility index (Phi) is 7.02. The number of aliphatic imine (C=N–C) groups is 1. The molecule has 1 aromatic heterocycles. The molecule has 196 valence electrons. The summed E-state index contributed by atoms with van der Waals surface area (Å²) in [6.45, 7) is 4.04. The minimum Gasteiger partial charge on any atom is -0.511 e. The van der Waals surface area contributed by atoms with E-state index >= 15 is 0 Å². The van der Waals surface area contributed by atoms with Crippen LogP contribution in [0.25, 0.3) is 0 Å². The second-order valence-corrected chi connectivity index (χ2v) is 10.9. The van der Waals surface area contributed by atoms with Crippen LogP contribution in [0.1, 0.15) is 72.8 Å². The highest BCUT2D eigenvalue weighted by Gasteiger charge is 2.37. The van der Waals surface area contributed by atoms with E-state index in [0.717, 1.165) is 5.56 Å². The fourth-order valence-corrected chi connectivity index (χ4v) is 5.51. The molecule has 0 saturated heterocycles. The van der Waals surface area contributed by atoms with Crippen LogP contribution in [0.4, 0.5) is 5.69 Å². The number of para-hydroxylation sites is 2. The quantitative estimate of drug-likeness (QED) is 0.299. The number of aryl methyl sites for hydroxylation is 1. The van der Waals surface area contributed by atoms with Crippen molar-refractivity contribution < 1.29 is 24.0 Å². The van der Waals surface area contributed by atoms with Crippen LogP contribution >= 0.6 is 0 Å². The molecule has 1 unspecified atom stereocenters. The number of fused-ring (bicyclic) bond motifs is 1. The molecule has 1 N–H and O–H groups in total. The van der Waals surface area contributed by atoms with Gasteiger partial charge in [-0.15, -0.1) is 0 Å². The van der Waals surface area contributed by atoms with Crippen molar-refractivity contribution in [2.45, 2.75) is 58.3 Å². The maximum atomic E-state index is 13.2. The van der Waals surface area contributed by atoms with Crippen molar-refractivity contribution >= 4 is 23.0 Å². The fourth-order valence-electron chi connectivity index (χ4n) is 5.51. The van der Waals surface area contributed by atoms with Gasteiger partial charge in [-0.25, -0.2) is 4.99 Å². The monoisotopic (exact) mass is 512 g/mol. The summed E-state index contributed by atoms with van der Waals surface area (Å²) in [5.41, 5.74) is 3.26. The topological polar surface area (TPSA) is 102 Å². The molecule has 5 rings (SSSR count).